The first kappa shape index (κ1) is 10.5. The van der Waals surface area contributed by atoms with E-state index in [2.05, 4.69) is 15.9 Å². The van der Waals surface area contributed by atoms with Gasteiger partial charge in [-0.25, -0.2) is 0 Å². The Kier molecular flexibility index (Phi) is 3.53. The number of methoxy groups -OCH3 is 1. The van der Waals surface area contributed by atoms with Crippen molar-refractivity contribution >= 4 is 50.7 Å². The van der Waals surface area contributed by atoms with Gasteiger partial charge in [-0.05, 0) is 15.9 Å². The van der Waals surface area contributed by atoms with Gasteiger partial charge in [-0.1, -0.05) is 34.8 Å². The van der Waals surface area contributed by atoms with E-state index in [0.29, 0.717) is 25.3 Å². The lowest BCUT2D eigenvalue weighted by atomic mass is 10.3. The molecule has 5 heteroatoms. The van der Waals surface area contributed by atoms with Crippen molar-refractivity contribution < 1.29 is 4.74 Å². The molecular formula is C7H4BrCl3O. The van der Waals surface area contributed by atoms with Gasteiger partial charge in [0.25, 0.3) is 0 Å². The van der Waals surface area contributed by atoms with E-state index in [0.717, 1.165) is 0 Å². The van der Waals surface area contributed by atoms with Crippen LogP contribution in [0.5, 0.6) is 5.75 Å². The average molecular weight is 290 g/mol. The molecule has 0 saturated heterocycles. The third-order valence-corrected chi connectivity index (χ3v) is 3.57. The molecule has 1 rings (SSSR count). The summed E-state index contributed by atoms with van der Waals surface area (Å²) in [6.45, 7) is 0. The molecule has 0 atom stereocenters. The number of benzene rings is 1. The van der Waals surface area contributed by atoms with Crippen LogP contribution in [-0.2, 0) is 0 Å². The molecule has 0 spiro atoms. The van der Waals surface area contributed by atoms with Crippen LogP contribution in [-0.4, -0.2) is 7.11 Å². The SMILES string of the molecule is COc1cc(Cl)c(Cl)c(Cl)c1Br. The normalized spacial score (nSPS) is 10.1. The van der Waals surface area contributed by atoms with Crippen molar-refractivity contribution in [2.75, 3.05) is 7.11 Å². The van der Waals surface area contributed by atoms with E-state index in [1.165, 1.54) is 7.11 Å². The van der Waals surface area contributed by atoms with Crippen LogP contribution in [0.4, 0.5) is 0 Å². The van der Waals surface area contributed by atoms with Crippen molar-refractivity contribution in [3.63, 3.8) is 0 Å². The predicted octanol–water partition coefficient (Wildman–Crippen LogP) is 4.42. The maximum Gasteiger partial charge on any atom is 0.136 e. The number of halogens is 4. The van der Waals surface area contributed by atoms with Crippen LogP contribution in [0, 0.1) is 0 Å². The first-order valence-corrected chi connectivity index (χ1v) is 4.87. The molecule has 0 N–H and O–H groups in total. The van der Waals surface area contributed by atoms with Crippen LogP contribution in [0.25, 0.3) is 0 Å². The molecule has 0 aliphatic rings. The molecule has 0 radical (unpaired) electrons. The summed E-state index contributed by atoms with van der Waals surface area (Å²) >= 11 is 20.6. The van der Waals surface area contributed by atoms with E-state index in [9.17, 15) is 0 Å². The Labute approximate surface area is 93.7 Å². The second-order valence-electron chi connectivity index (χ2n) is 2.00. The third kappa shape index (κ3) is 1.82. The molecule has 0 aliphatic carbocycles. The van der Waals surface area contributed by atoms with Gasteiger partial charge >= 0.3 is 0 Å². The van der Waals surface area contributed by atoms with Crippen LogP contribution >= 0.6 is 50.7 Å². The Hall–Kier alpha value is 0.370. The molecule has 0 aromatic heterocycles. The predicted molar refractivity (Wildman–Crippen MR) is 55.7 cm³/mol. The fourth-order valence-electron chi connectivity index (χ4n) is 0.700. The van der Waals surface area contributed by atoms with Gasteiger partial charge in [-0.3, -0.25) is 0 Å². The summed E-state index contributed by atoms with van der Waals surface area (Å²) in [5.41, 5.74) is 0. The maximum atomic E-state index is 5.82. The highest BCUT2D eigenvalue weighted by Gasteiger charge is 2.12. The van der Waals surface area contributed by atoms with Gasteiger partial charge in [-0.15, -0.1) is 0 Å². The Morgan fingerprint density at radius 3 is 2.33 bits per heavy atom. The molecule has 0 bridgehead atoms. The van der Waals surface area contributed by atoms with E-state index in [1.807, 2.05) is 0 Å². The van der Waals surface area contributed by atoms with E-state index >= 15 is 0 Å². The van der Waals surface area contributed by atoms with Gasteiger partial charge in [0.15, 0.2) is 0 Å². The molecule has 0 fully saturated rings. The summed E-state index contributed by atoms with van der Waals surface area (Å²) in [6.07, 6.45) is 0. The van der Waals surface area contributed by atoms with Crippen molar-refractivity contribution in [2.24, 2.45) is 0 Å². The van der Waals surface area contributed by atoms with Crippen LogP contribution < -0.4 is 4.74 Å². The molecule has 0 amide bonds. The van der Waals surface area contributed by atoms with Crippen molar-refractivity contribution in [3.05, 3.63) is 25.6 Å². The second kappa shape index (κ2) is 4.05. The van der Waals surface area contributed by atoms with Gasteiger partial charge in [0.05, 0.1) is 26.7 Å². The lowest BCUT2D eigenvalue weighted by molar-refractivity contribution is 0.412. The average Bonchev–Trinajstić information content (AvgIpc) is 2.08. The second-order valence-corrected chi connectivity index (χ2v) is 3.96. The zero-order chi connectivity index (χ0) is 9.30. The molecule has 1 aromatic rings. The van der Waals surface area contributed by atoms with Crippen LogP contribution in [0.2, 0.25) is 15.1 Å². The van der Waals surface area contributed by atoms with Crippen LogP contribution in [0.15, 0.2) is 10.5 Å². The lowest BCUT2D eigenvalue weighted by Crippen LogP contribution is -1.86. The highest BCUT2D eigenvalue weighted by atomic mass is 79.9. The molecule has 1 aromatic carbocycles. The summed E-state index contributed by atoms with van der Waals surface area (Å²) < 4.78 is 5.60. The summed E-state index contributed by atoms with van der Waals surface area (Å²) in [4.78, 5) is 0. The Morgan fingerprint density at radius 1 is 1.25 bits per heavy atom. The molecule has 0 aliphatic heterocycles. The van der Waals surface area contributed by atoms with Crippen molar-refractivity contribution in [1.82, 2.24) is 0 Å². The topological polar surface area (TPSA) is 9.23 Å². The number of rotatable bonds is 1. The number of ether oxygens (including phenoxy) is 1. The lowest BCUT2D eigenvalue weighted by Gasteiger charge is -2.07. The smallest absolute Gasteiger partial charge is 0.136 e. The number of hydrogen-bond acceptors (Lipinski definition) is 1. The van der Waals surface area contributed by atoms with Gasteiger partial charge in [0.1, 0.15) is 5.75 Å². The first-order chi connectivity index (χ1) is 5.57. The molecule has 12 heavy (non-hydrogen) atoms. The molecule has 1 nitrogen and oxygen atoms in total. The minimum Gasteiger partial charge on any atom is -0.495 e. The Bertz CT molecular complexity index is 314. The van der Waals surface area contributed by atoms with E-state index < -0.39 is 0 Å². The summed E-state index contributed by atoms with van der Waals surface area (Å²) in [5.74, 6) is 0.564. The van der Waals surface area contributed by atoms with Crippen LogP contribution in [0.1, 0.15) is 0 Å². The molecule has 0 heterocycles. The van der Waals surface area contributed by atoms with Gasteiger partial charge in [0, 0.05) is 6.07 Å². The van der Waals surface area contributed by atoms with Crippen molar-refractivity contribution in [3.8, 4) is 5.75 Å². The Morgan fingerprint density at radius 2 is 1.83 bits per heavy atom. The fraction of sp³-hybridized carbons (Fsp3) is 0.143. The first-order valence-electron chi connectivity index (χ1n) is 2.95. The third-order valence-electron chi connectivity index (χ3n) is 1.29. The molecular weight excluding hydrogens is 286 g/mol. The quantitative estimate of drug-likeness (QED) is 0.549. The standard InChI is InChI=1S/C7H4BrCl3O/c1-12-4-2-3(9)6(10)7(11)5(4)8/h2H,1H3. The maximum absolute atomic E-state index is 5.82. The zero-order valence-electron chi connectivity index (χ0n) is 6.00. The van der Waals surface area contributed by atoms with Gasteiger partial charge in [0.2, 0.25) is 0 Å². The van der Waals surface area contributed by atoms with Gasteiger partial charge < -0.3 is 4.74 Å². The van der Waals surface area contributed by atoms with Crippen LogP contribution in [0.3, 0.4) is 0 Å². The van der Waals surface area contributed by atoms with Crippen molar-refractivity contribution in [1.29, 1.82) is 0 Å². The Balaban J connectivity index is 3.39. The minimum absolute atomic E-state index is 0.325. The highest BCUT2D eigenvalue weighted by molar-refractivity contribution is 9.10. The van der Waals surface area contributed by atoms with E-state index in [4.69, 9.17) is 39.5 Å². The highest BCUT2D eigenvalue weighted by Crippen LogP contribution is 2.41. The largest absolute Gasteiger partial charge is 0.495 e. The molecule has 0 unspecified atom stereocenters. The summed E-state index contributed by atoms with van der Waals surface area (Å²) in [6, 6.07) is 1.60. The monoisotopic (exact) mass is 288 g/mol. The van der Waals surface area contributed by atoms with E-state index in [1.54, 1.807) is 6.07 Å². The fourth-order valence-corrected chi connectivity index (χ4v) is 1.87. The summed E-state index contributed by atoms with van der Waals surface area (Å²) in [5, 5.41) is 1.06. The molecule has 0 saturated carbocycles. The number of hydrogen-bond donors (Lipinski definition) is 0. The summed E-state index contributed by atoms with van der Waals surface area (Å²) in [7, 11) is 1.53. The van der Waals surface area contributed by atoms with E-state index in [-0.39, 0.29) is 0 Å². The van der Waals surface area contributed by atoms with Crippen molar-refractivity contribution in [2.45, 2.75) is 0 Å². The minimum atomic E-state index is 0.325. The van der Waals surface area contributed by atoms with Gasteiger partial charge in [-0.2, -0.15) is 0 Å². The molecule has 66 valence electrons. The zero-order valence-corrected chi connectivity index (χ0v) is 9.85.